The Labute approximate surface area is 188 Å². The van der Waals surface area contributed by atoms with Crippen LogP contribution in [0.15, 0.2) is 83.7 Å². The monoisotopic (exact) mass is 440 g/mol. The van der Waals surface area contributed by atoms with E-state index in [-0.39, 0.29) is 12.2 Å². The molecule has 0 unspecified atom stereocenters. The number of carbonyl (C=O) groups excluding carboxylic acids is 1. The Balaban J connectivity index is 1.35. The van der Waals surface area contributed by atoms with Crippen LogP contribution in [0.25, 0.3) is 16.7 Å². The van der Waals surface area contributed by atoms with Crippen LogP contribution in [0.2, 0.25) is 0 Å². The average Bonchev–Trinajstić information content (AvgIpc) is 3.30. The van der Waals surface area contributed by atoms with Gasteiger partial charge in [-0.1, -0.05) is 48.5 Å². The number of esters is 1. The molecule has 8 nitrogen and oxygen atoms in total. The van der Waals surface area contributed by atoms with Crippen molar-refractivity contribution in [3.8, 4) is 5.75 Å². The van der Waals surface area contributed by atoms with Crippen LogP contribution in [-0.4, -0.2) is 25.1 Å². The zero-order valence-electron chi connectivity index (χ0n) is 17.8. The standard InChI is InChI=1S/C25H20N4O4/c1-28-23(30)20-12-5-6-13-21(20)29-22(26-27-25(28)29)16-33-24(31)18-10-7-11-19(14-18)32-15-17-8-3-2-4-9-17/h2-14H,15-16H2,1H3. The first-order chi connectivity index (χ1) is 16.1. The molecule has 0 fully saturated rings. The van der Waals surface area contributed by atoms with E-state index in [2.05, 4.69) is 10.2 Å². The zero-order chi connectivity index (χ0) is 22.8. The minimum absolute atomic E-state index is 0.0999. The molecule has 0 aliphatic heterocycles. The number of para-hydroxylation sites is 1. The number of aromatic nitrogens is 4. The molecule has 0 atom stereocenters. The Bertz CT molecular complexity index is 1520. The second-order valence-corrected chi connectivity index (χ2v) is 7.51. The van der Waals surface area contributed by atoms with Crippen molar-refractivity contribution in [2.24, 2.45) is 7.05 Å². The van der Waals surface area contributed by atoms with Crippen molar-refractivity contribution in [1.82, 2.24) is 19.2 Å². The maximum absolute atomic E-state index is 12.7. The summed E-state index contributed by atoms with van der Waals surface area (Å²) in [5, 5.41) is 8.79. The highest BCUT2D eigenvalue weighted by atomic mass is 16.5. The van der Waals surface area contributed by atoms with Crippen LogP contribution in [0.4, 0.5) is 0 Å². The summed E-state index contributed by atoms with van der Waals surface area (Å²) < 4.78 is 14.5. The Morgan fingerprint density at radius 2 is 1.70 bits per heavy atom. The lowest BCUT2D eigenvalue weighted by molar-refractivity contribution is 0.0461. The van der Waals surface area contributed by atoms with Crippen molar-refractivity contribution < 1.29 is 14.3 Å². The Morgan fingerprint density at radius 3 is 2.55 bits per heavy atom. The van der Waals surface area contributed by atoms with Crippen LogP contribution in [0.1, 0.15) is 21.7 Å². The van der Waals surface area contributed by atoms with Gasteiger partial charge < -0.3 is 9.47 Å². The lowest BCUT2D eigenvalue weighted by Crippen LogP contribution is -2.20. The molecule has 3 aromatic carbocycles. The molecule has 2 aromatic heterocycles. The molecule has 0 radical (unpaired) electrons. The maximum Gasteiger partial charge on any atom is 0.338 e. The second kappa shape index (κ2) is 8.58. The molecule has 5 rings (SSSR count). The maximum atomic E-state index is 12.7. The third kappa shape index (κ3) is 3.94. The number of hydrogen-bond acceptors (Lipinski definition) is 6. The molecule has 8 heteroatoms. The normalized spacial score (nSPS) is 11.1. The number of ether oxygens (including phenoxy) is 2. The van der Waals surface area contributed by atoms with Gasteiger partial charge in [0.05, 0.1) is 16.5 Å². The zero-order valence-corrected chi connectivity index (χ0v) is 17.8. The van der Waals surface area contributed by atoms with E-state index in [4.69, 9.17) is 9.47 Å². The lowest BCUT2D eigenvalue weighted by Gasteiger charge is -2.09. The molecule has 164 valence electrons. The molecule has 33 heavy (non-hydrogen) atoms. The molecular weight excluding hydrogens is 420 g/mol. The first-order valence-electron chi connectivity index (χ1n) is 10.4. The molecule has 0 saturated carbocycles. The van der Waals surface area contributed by atoms with Gasteiger partial charge in [-0.3, -0.25) is 13.8 Å². The summed E-state index contributed by atoms with van der Waals surface area (Å²) in [6, 6.07) is 23.8. The Kier molecular flexibility index (Phi) is 5.32. The van der Waals surface area contributed by atoms with Crippen molar-refractivity contribution in [3.63, 3.8) is 0 Å². The van der Waals surface area contributed by atoms with Gasteiger partial charge in [0.2, 0.25) is 5.78 Å². The topological polar surface area (TPSA) is 87.7 Å². The highest BCUT2D eigenvalue weighted by molar-refractivity contribution is 5.89. The van der Waals surface area contributed by atoms with E-state index in [0.717, 1.165) is 5.56 Å². The van der Waals surface area contributed by atoms with Crippen LogP contribution in [-0.2, 0) is 25.0 Å². The molecule has 0 bridgehead atoms. The summed E-state index contributed by atoms with van der Waals surface area (Å²) in [6.07, 6.45) is 0. The number of benzene rings is 3. The van der Waals surface area contributed by atoms with Gasteiger partial charge in [-0.25, -0.2) is 4.79 Å². The number of rotatable bonds is 6. The van der Waals surface area contributed by atoms with Crippen LogP contribution >= 0.6 is 0 Å². The predicted molar refractivity (Wildman–Crippen MR) is 122 cm³/mol. The average molecular weight is 440 g/mol. The van der Waals surface area contributed by atoms with Crippen LogP contribution in [0.3, 0.4) is 0 Å². The van der Waals surface area contributed by atoms with E-state index < -0.39 is 5.97 Å². The van der Waals surface area contributed by atoms with Gasteiger partial charge in [-0.2, -0.15) is 0 Å². The molecule has 2 heterocycles. The summed E-state index contributed by atoms with van der Waals surface area (Å²) in [4.78, 5) is 25.3. The van der Waals surface area contributed by atoms with Gasteiger partial charge in [0, 0.05) is 7.05 Å². The molecule has 0 spiro atoms. The predicted octanol–water partition coefficient (Wildman–Crippen LogP) is 3.52. The van der Waals surface area contributed by atoms with E-state index in [0.29, 0.717) is 40.4 Å². The van der Waals surface area contributed by atoms with Crippen molar-refractivity contribution in [3.05, 3.63) is 106 Å². The minimum atomic E-state index is -0.508. The van der Waals surface area contributed by atoms with Crippen LogP contribution < -0.4 is 10.3 Å². The summed E-state index contributed by atoms with van der Waals surface area (Å²) in [7, 11) is 1.63. The molecule has 0 aliphatic rings. The van der Waals surface area contributed by atoms with Gasteiger partial charge in [-0.05, 0) is 35.9 Å². The van der Waals surface area contributed by atoms with Gasteiger partial charge >= 0.3 is 5.97 Å². The van der Waals surface area contributed by atoms with Crippen LogP contribution in [0.5, 0.6) is 5.75 Å². The van der Waals surface area contributed by atoms with Crippen molar-refractivity contribution in [2.45, 2.75) is 13.2 Å². The summed E-state index contributed by atoms with van der Waals surface area (Å²) in [6.45, 7) is 0.300. The van der Waals surface area contributed by atoms with Crippen LogP contribution in [0, 0.1) is 0 Å². The molecule has 0 saturated heterocycles. The van der Waals surface area contributed by atoms with Gasteiger partial charge in [-0.15, -0.1) is 10.2 Å². The Hall–Kier alpha value is -4.46. The highest BCUT2D eigenvalue weighted by Crippen LogP contribution is 2.18. The number of nitrogens with zero attached hydrogens (tertiary/aromatic N) is 4. The minimum Gasteiger partial charge on any atom is -0.489 e. The first-order valence-corrected chi connectivity index (χ1v) is 10.4. The number of aryl methyl sites for hydroxylation is 1. The summed E-state index contributed by atoms with van der Waals surface area (Å²) in [5.41, 5.74) is 1.89. The molecule has 0 amide bonds. The Morgan fingerprint density at radius 1 is 0.909 bits per heavy atom. The molecule has 0 aliphatic carbocycles. The smallest absolute Gasteiger partial charge is 0.338 e. The first kappa shape index (κ1) is 20.4. The van der Waals surface area contributed by atoms with Crippen molar-refractivity contribution in [1.29, 1.82) is 0 Å². The van der Waals surface area contributed by atoms with E-state index in [1.807, 2.05) is 42.5 Å². The lowest BCUT2D eigenvalue weighted by atomic mass is 10.2. The third-order valence-electron chi connectivity index (χ3n) is 5.34. The van der Waals surface area contributed by atoms with E-state index >= 15 is 0 Å². The number of fused-ring (bicyclic) bond motifs is 3. The quantitative estimate of drug-likeness (QED) is 0.376. The van der Waals surface area contributed by atoms with E-state index in [1.165, 1.54) is 4.57 Å². The summed E-state index contributed by atoms with van der Waals surface area (Å²) >= 11 is 0. The third-order valence-corrected chi connectivity index (χ3v) is 5.34. The number of hydrogen-bond donors (Lipinski definition) is 0. The van der Waals surface area contributed by atoms with E-state index in [9.17, 15) is 9.59 Å². The second-order valence-electron chi connectivity index (χ2n) is 7.51. The van der Waals surface area contributed by atoms with Gasteiger partial charge in [0.1, 0.15) is 12.4 Å². The molecule has 5 aromatic rings. The highest BCUT2D eigenvalue weighted by Gasteiger charge is 2.16. The summed E-state index contributed by atoms with van der Waals surface area (Å²) in [5.74, 6) is 0.857. The van der Waals surface area contributed by atoms with Gasteiger partial charge in [0.25, 0.3) is 5.56 Å². The fourth-order valence-corrected chi connectivity index (χ4v) is 3.65. The SMILES string of the molecule is Cn1c(=O)c2ccccc2n2c(COC(=O)c3cccc(OCc4ccccc4)c3)nnc12. The number of carbonyl (C=O) groups is 1. The molecular formula is C25H20N4O4. The van der Waals surface area contributed by atoms with E-state index in [1.54, 1.807) is 47.8 Å². The van der Waals surface area contributed by atoms with Crippen molar-refractivity contribution in [2.75, 3.05) is 0 Å². The largest absolute Gasteiger partial charge is 0.489 e. The van der Waals surface area contributed by atoms with Gasteiger partial charge in [0.15, 0.2) is 12.4 Å². The fraction of sp³-hybridized carbons (Fsp3) is 0.120. The fourth-order valence-electron chi connectivity index (χ4n) is 3.65. The molecule has 0 N–H and O–H groups in total. The van der Waals surface area contributed by atoms with Crippen molar-refractivity contribution >= 4 is 22.6 Å².